The predicted molar refractivity (Wildman–Crippen MR) is 69.4 cm³/mol. The minimum Gasteiger partial charge on any atom is -0.356 e. The first-order valence-electron chi connectivity index (χ1n) is 5.34. The van der Waals surface area contributed by atoms with Crippen molar-refractivity contribution in [2.45, 2.75) is 25.4 Å². The third-order valence-electron chi connectivity index (χ3n) is 2.84. The van der Waals surface area contributed by atoms with Crippen molar-refractivity contribution in [2.24, 2.45) is 5.41 Å². The van der Waals surface area contributed by atoms with Gasteiger partial charge in [-0.05, 0) is 18.1 Å². The molecule has 88 valence electrons. The van der Waals surface area contributed by atoms with Gasteiger partial charge in [-0.2, -0.15) is 0 Å². The number of hydrogen-bond acceptors (Lipinski definition) is 4. The predicted octanol–water partition coefficient (Wildman–Crippen LogP) is 3.09. The Balaban J connectivity index is 2.24. The summed E-state index contributed by atoms with van der Waals surface area (Å²) in [4.78, 5) is 10.9. The van der Waals surface area contributed by atoms with E-state index in [-0.39, 0.29) is 0 Å². The van der Waals surface area contributed by atoms with Gasteiger partial charge in [-0.3, -0.25) is 0 Å². The van der Waals surface area contributed by atoms with E-state index in [1.807, 2.05) is 12.3 Å². The number of halogens is 1. The van der Waals surface area contributed by atoms with E-state index in [0.717, 1.165) is 24.1 Å². The minimum absolute atomic E-state index is 0.372. The summed E-state index contributed by atoms with van der Waals surface area (Å²) in [5.74, 6) is 0.954. The monoisotopic (exact) mass is 257 g/mol. The maximum atomic E-state index is 5.99. The van der Waals surface area contributed by atoms with Gasteiger partial charge in [0.25, 0.3) is 0 Å². The number of nitrogens with zero attached hydrogens (tertiary/aromatic N) is 3. The Hall–Kier alpha value is -0.480. The highest BCUT2D eigenvalue weighted by Gasteiger charge is 2.30. The molecule has 0 bridgehead atoms. The molecular weight excluding hydrogens is 242 g/mol. The van der Waals surface area contributed by atoms with Crippen LogP contribution >= 0.6 is 23.4 Å². The highest BCUT2D eigenvalue weighted by Crippen LogP contribution is 2.32. The zero-order chi connectivity index (χ0) is 11.8. The average molecular weight is 258 g/mol. The van der Waals surface area contributed by atoms with Gasteiger partial charge in [0.15, 0.2) is 5.16 Å². The highest BCUT2D eigenvalue weighted by atomic mass is 35.5. The number of anilines is 1. The fourth-order valence-electron chi connectivity index (χ4n) is 1.95. The second-order valence-corrected chi connectivity index (χ2v) is 6.03. The summed E-state index contributed by atoms with van der Waals surface area (Å²) in [6.07, 6.45) is 3.16. The van der Waals surface area contributed by atoms with Gasteiger partial charge in [-0.15, -0.1) is 0 Å². The van der Waals surface area contributed by atoms with E-state index in [2.05, 4.69) is 28.7 Å². The normalized spacial score (nSPS) is 19.1. The molecule has 0 spiro atoms. The van der Waals surface area contributed by atoms with E-state index in [9.17, 15) is 0 Å². The molecule has 2 rings (SSSR count). The molecule has 0 aromatic carbocycles. The molecule has 0 saturated carbocycles. The lowest BCUT2D eigenvalue weighted by molar-refractivity contribution is 0.418. The summed E-state index contributed by atoms with van der Waals surface area (Å²) in [5.41, 5.74) is 0.372. The minimum atomic E-state index is 0.372. The summed E-state index contributed by atoms with van der Waals surface area (Å²) >= 11 is 7.51. The molecule has 1 aliphatic rings. The van der Waals surface area contributed by atoms with Crippen LogP contribution in [0.15, 0.2) is 11.2 Å². The van der Waals surface area contributed by atoms with Crippen molar-refractivity contribution in [1.82, 2.24) is 9.97 Å². The van der Waals surface area contributed by atoms with Crippen molar-refractivity contribution in [1.29, 1.82) is 0 Å². The van der Waals surface area contributed by atoms with Crippen molar-refractivity contribution >= 4 is 29.2 Å². The molecule has 5 heteroatoms. The number of rotatable bonds is 2. The summed E-state index contributed by atoms with van der Waals surface area (Å²) in [7, 11) is 0. The van der Waals surface area contributed by atoms with Crippen molar-refractivity contribution in [3.63, 3.8) is 0 Å². The summed E-state index contributed by atoms with van der Waals surface area (Å²) in [6.45, 7) is 6.65. The van der Waals surface area contributed by atoms with Crippen LogP contribution in [0, 0.1) is 5.41 Å². The first kappa shape index (κ1) is 12.0. The Kier molecular flexibility index (Phi) is 3.31. The first-order valence-corrected chi connectivity index (χ1v) is 6.94. The van der Waals surface area contributed by atoms with Crippen LogP contribution in [0.1, 0.15) is 20.3 Å². The molecule has 3 nitrogen and oxygen atoms in total. The zero-order valence-corrected chi connectivity index (χ0v) is 11.4. The van der Waals surface area contributed by atoms with Gasteiger partial charge < -0.3 is 4.90 Å². The maximum absolute atomic E-state index is 5.99. The van der Waals surface area contributed by atoms with E-state index < -0.39 is 0 Å². The zero-order valence-electron chi connectivity index (χ0n) is 9.83. The van der Waals surface area contributed by atoms with Gasteiger partial charge in [-0.1, -0.05) is 37.2 Å². The molecular formula is C11H16ClN3S. The molecule has 1 aromatic rings. The topological polar surface area (TPSA) is 29.0 Å². The van der Waals surface area contributed by atoms with Crippen LogP contribution in [0.3, 0.4) is 0 Å². The average Bonchev–Trinajstić information content (AvgIpc) is 2.58. The van der Waals surface area contributed by atoms with Crippen molar-refractivity contribution in [3.8, 4) is 0 Å². The van der Waals surface area contributed by atoms with Gasteiger partial charge in [0.05, 0.1) is 0 Å². The molecule has 0 atom stereocenters. The number of thioether (sulfide) groups is 1. The number of aromatic nitrogens is 2. The first-order chi connectivity index (χ1) is 7.50. The summed E-state index contributed by atoms with van der Waals surface area (Å²) in [5, 5.41) is 1.27. The Morgan fingerprint density at radius 3 is 2.75 bits per heavy atom. The van der Waals surface area contributed by atoms with Gasteiger partial charge in [-0.25, -0.2) is 9.97 Å². The Bertz CT molecular complexity index is 395. The van der Waals surface area contributed by atoms with Crippen molar-refractivity contribution < 1.29 is 0 Å². The van der Waals surface area contributed by atoms with Crippen LogP contribution in [-0.4, -0.2) is 29.3 Å². The Morgan fingerprint density at radius 2 is 2.19 bits per heavy atom. The van der Waals surface area contributed by atoms with Gasteiger partial charge in [0, 0.05) is 19.2 Å². The summed E-state index contributed by atoms with van der Waals surface area (Å²) in [6, 6.07) is 1.85. The van der Waals surface area contributed by atoms with Gasteiger partial charge >= 0.3 is 0 Å². The van der Waals surface area contributed by atoms with E-state index in [1.54, 1.807) is 0 Å². The molecule has 16 heavy (non-hydrogen) atoms. The lowest BCUT2D eigenvalue weighted by Gasteiger charge is -2.20. The molecule has 1 aromatic heterocycles. The number of hydrogen-bond donors (Lipinski definition) is 0. The SMILES string of the molecule is CSc1nc(Cl)cc(N2CCC(C)(C)C2)n1. The largest absolute Gasteiger partial charge is 0.356 e. The second kappa shape index (κ2) is 4.41. The van der Waals surface area contributed by atoms with Crippen molar-refractivity contribution in [3.05, 3.63) is 11.2 Å². The smallest absolute Gasteiger partial charge is 0.190 e. The third kappa shape index (κ3) is 2.61. The molecule has 0 radical (unpaired) electrons. The van der Waals surface area contributed by atoms with E-state index in [4.69, 9.17) is 11.6 Å². The highest BCUT2D eigenvalue weighted by molar-refractivity contribution is 7.98. The molecule has 1 saturated heterocycles. The molecule has 2 heterocycles. The van der Waals surface area contributed by atoms with E-state index in [1.165, 1.54) is 18.2 Å². The fourth-order valence-corrected chi connectivity index (χ4v) is 2.55. The van der Waals surface area contributed by atoms with Crippen LogP contribution in [0.5, 0.6) is 0 Å². The van der Waals surface area contributed by atoms with Crippen LogP contribution in [-0.2, 0) is 0 Å². The standard InChI is InChI=1S/C11H16ClN3S/c1-11(2)4-5-15(7-11)9-6-8(12)13-10(14-9)16-3/h6H,4-5,7H2,1-3H3. The third-order valence-corrected chi connectivity index (χ3v) is 3.59. The quantitative estimate of drug-likeness (QED) is 0.463. The summed E-state index contributed by atoms with van der Waals surface area (Å²) < 4.78 is 0. The van der Waals surface area contributed by atoms with Gasteiger partial charge in [0.2, 0.25) is 0 Å². The molecule has 0 amide bonds. The van der Waals surface area contributed by atoms with Crippen LogP contribution in [0.2, 0.25) is 5.15 Å². The van der Waals surface area contributed by atoms with Gasteiger partial charge in [0.1, 0.15) is 11.0 Å². The van der Waals surface area contributed by atoms with Crippen molar-refractivity contribution in [2.75, 3.05) is 24.2 Å². The Labute approximate surface area is 106 Å². The van der Waals surface area contributed by atoms with Crippen LogP contribution in [0.4, 0.5) is 5.82 Å². The molecule has 0 N–H and O–H groups in total. The van der Waals surface area contributed by atoms with Crippen LogP contribution in [0.25, 0.3) is 0 Å². The second-order valence-electron chi connectivity index (χ2n) is 4.87. The van der Waals surface area contributed by atoms with Crippen LogP contribution < -0.4 is 4.90 Å². The molecule has 1 aliphatic heterocycles. The lowest BCUT2D eigenvalue weighted by atomic mass is 9.93. The molecule has 1 fully saturated rings. The fraction of sp³-hybridized carbons (Fsp3) is 0.636. The van der Waals surface area contributed by atoms with E-state index in [0.29, 0.717) is 10.6 Å². The lowest BCUT2D eigenvalue weighted by Crippen LogP contribution is -2.23. The maximum Gasteiger partial charge on any atom is 0.190 e. The van der Waals surface area contributed by atoms with E-state index >= 15 is 0 Å². The molecule has 0 aliphatic carbocycles. The Morgan fingerprint density at radius 1 is 1.44 bits per heavy atom. The molecule has 0 unspecified atom stereocenters.